The Morgan fingerprint density at radius 3 is 1.29 bits per heavy atom. The second-order valence-electron chi connectivity index (χ2n) is 1.84. The summed E-state index contributed by atoms with van der Waals surface area (Å²) in [7, 11) is 0. The first-order valence-electron chi connectivity index (χ1n) is 4.41. The van der Waals surface area contributed by atoms with Gasteiger partial charge in [-0.05, 0) is 13.8 Å². The van der Waals surface area contributed by atoms with Gasteiger partial charge in [-0.25, -0.2) is 0 Å². The van der Waals surface area contributed by atoms with Crippen molar-refractivity contribution in [2.24, 2.45) is 0 Å². The van der Waals surface area contributed by atoms with Gasteiger partial charge in [-0.2, -0.15) is 0 Å². The number of aliphatic hydroxyl groups excluding tert-OH is 2. The Bertz CT molecular complexity index is 58.8. The summed E-state index contributed by atoms with van der Waals surface area (Å²) in [6.45, 7) is 6.39. The molecule has 14 heavy (non-hydrogen) atoms. The van der Waals surface area contributed by atoms with Crippen LogP contribution >= 0.6 is 0 Å². The summed E-state index contributed by atoms with van der Waals surface area (Å²) in [4.78, 5) is 0. The topological polar surface area (TPSA) is 76.0 Å². The monoisotopic (exact) mass is 244 g/mol. The Balaban J connectivity index is -0.000000147. The molecule has 0 fully saturated rings. The zero-order chi connectivity index (χ0) is 11.7. The molecule has 0 spiro atoms. The van der Waals surface area contributed by atoms with Crippen LogP contribution in [-0.4, -0.2) is 49.9 Å². The molecule has 5 nitrogen and oxygen atoms in total. The Morgan fingerprint density at radius 2 is 1.21 bits per heavy atom. The molecule has 0 bridgehead atoms. The zero-order valence-corrected chi connectivity index (χ0v) is 10.4. The van der Waals surface area contributed by atoms with Crippen LogP contribution in [0.2, 0.25) is 0 Å². The van der Waals surface area contributed by atoms with Crippen molar-refractivity contribution in [1.82, 2.24) is 0 Å². The van der Waals surface area contributed by atoms with Gasteiger partial charge in [0.25, 0.3) is 0 Å². The number of aliphatic hydroxyl groups is 2. The van der Waals surface area contributed by atoms with Crippen LogP contribution in [-0.2, 0) is 33.2 Å². The molecule has 0 radical (unpaired) electrons. The molecule has 6 heteroatoms. The first-order valence-corrected chi connectivity index (χ1v) is 5.04. The number of ether oxygens (including phenoxy) is 2. The van der Waals surface area contributed by atoms with E-state index < -0.39 is 0 Å². The van der Waals surface area contributed by atoms with Crippen LogP contribution in [0.1, 0.15) is 13.8 Å². The van der Waals surface area contributed by atoms with Crippen LogP contribution in [0.15, 0.2) is 0 Å². The fourth-order valence-electron chi connectivity index (χ4n) is 0.418. The van der Waals surface area contributed by atoms with Crippen LogP contribution in [0.5, 0.6) is 0 Å². The molecule has 0 unspecified atom stereocenters. The molecule has 0 aliphatic carbocycles. The Labute approximate surface area is 97.1 Å². The maximum absolute atomic E-state index is 8.25. The average molecular weight is 244 g/mol. The number of rotatable bonds is 6. The zero-order valence-electron chi connectivity index (χ0n) is 8.86. The first kappa shape index (κ1) is 19.9. The van der Waals surface area contributed by atoms with E-state index in [2.05, 4.69) is 0 Å². The van der Waals surface area contributed by atoms with E-state index in [1.54, 1.807) is 0 Å². The molecule has 0 aromatic carbocycles. The normalized spacial score (nSPS) is 7.93. The van der Waals surface area contributed by atoms with E-state index in [9.17, 15) is 0 Å². The van der Waals surface area contributed by atoms with Gasteiger partial charge in [0.05, 0.1) is 26.4 Å². The molecule has 0 aliphatic rings. The standard InChI is InChI=1S/2C4H10O2.O.Ti/c2*1-2-6-4-3-5;;/h2*5H,2-4H2,1H3;;. The van der Waals surface area contributed by atoms with Gasteiger partial charge in [-0.15, -0.1) is 0 Å². The van der Waals surface area contributed by atoms with Gasteiger partial charge in [-0.1, -0.05) is 0 Å². The van der Waals surface area contributed by atoms with Crippen LogP contribution in [0.3, 0.4) is 0 Å². The summed E-state index contributed by atoms with van der Waals surface area (Å²) >= 11 is 0.750. The molecule has 0 rings (SSSR count). The van der Waals surface area contributed by atoms with Gasteiger partial charge in [0.15, 0.2) is 0 Å². The van der Waals surface area contributed by atoms with Crippen molar-refractivity contribution in [3.8, 4) is 0 Å². The van der Waals surface area contributed by atoms with Crippen molar-refractivity contribution < 1.29 is 43.4 Å². The van der Waals surface area contributed by atoms with E-state index >= 15 is 0 Å². The molecule has 0 aromatic heterocycles. The Hall–Kier alpha value is 0.354. The predicted molar refractivity (Wildman–Crippen MR) is 47.8 cm³/mol. The van der Waals surface area contributed by atoms with Gasteiger partial charge in [0.2, 0.25) is 0 Å². The van der Waals surface area contributed by atoms with E-state index in [1.165, 1.54) is 0 Å². The van der Waals surface area contributed by atoms with Gasteiger partial charge in [0, 0.05) is 13.2 Å². The maximum atomic E-state index is 8.25. The molecule has 0 saturated heterocycles. The summed E-state index contributed by atoms with van der Waals surface area (Å²) in [5, 5.41) is 16.1. The van der Waals surface area contributed by atoms with Crippen LogP contribution in [0.4, 0.5) is 0 Å². The molecule has 0 amide bonds. The summed E-state index contributed by atoms with van der Waals surface area (Å²) in [5.74, 6) is 0. The molecule has 86 valence electrons. The van der Waals surface area contributed by atoms with E-state index in [-0.39, 0.29) is 13.2 Å². The molecule has 0 aromatic rings. The Morgan fingerprint density at radius 1 is 0.929 bits per heavy atom. The fraction of sp³-hybridized carbons (Fsp3) is 1.00. The molecule has 0 atom stereocenters. The predicted octanol–water partition coefficient (Wildman–Crippen LogP) is -0.0909. The van der Waals surface area contributed by atoms with Gasteiger partial charge in [-0.3, -0.25) is 0 Å². The third-order valence-corrected chi connectivity index (χ3v) is 0.879. The van der Waals surface area contributed by atoms with Crippen molar-refractivity contribution in [2.45, 2.75) is 13.8 Å². The average Bonchev–Trinajstić information content (AvgIpc) is 2.27. The Kier molecular flexibility index (Phi) is 41.4. The molecule has 0 aliphatic heterocycles. The van der Waals surface area contributed by atoms with Crippen LogP contribution < -0.4 is 0 Å². The summed E-state index contributed by atoms with van der Waals surface area (Å²) in [5.41, 5.74) is 0. The van der Waals surface area contributed by atoms with Crippen molar-refractivity contribution >= 4 is 0 Å². The van der Waals surface area contributed by atoms with E-state index in [0.29, 0.717) is 26.4 Å². The number of hydrogen-bond donors (Lipinski definition) is 2. The molecular weight excluding hydrogens is 224 g/mol. The van der Waals surface area contributed by atoms with Crippen molar-refractivity contribution in [3.05, 3.63) is 0 Å². The van der Waals surface area contributed by atoms with Crippen LogP contribution in [0.25, 0.3) is 0 Å². The minimum atomic E-state index is 0.133. The van der Waals surface area contributed by atoms with E-state index in [4.69, 9.17) is 23.0 Å². The van der Waals surface area contributed by atoms with Crippen molar-refractivity contribution in [1.29, 1.82) is 0 Å². The molecule has 2 N–H and O–H groups in total. The van der Waals surface area contributed by atoms with Crippen molar-refractivity contribution in [2.75, 3.05) is 39.6 Å². The number of hydrogen-bond acceptors (Lipinski definition) is 5. The molecular formula is C8H20O5Ti. The van der Waals surface area contributed by atoms with Crippen LogP contribution in [0, 0.1) is 0 Å². The van der Waals surface area contributed by atoms with Gasteiger partial charge in [0.1, 0.15) is 0 Å². The second kappa shape index (κ2) is 29.2. The van der Waals surface area contributed by atoms with Gasteiger partial charge >= 0.3 is 23.7 Å². The van der Waals surface area contributed by atoms with E-state index in [0.717, 1.165) is 20.4 Å². The van der Waals surface area contributed by atoms with Crippen molar-refractivity contribution in [3.63, 3.8) is 0 Å². The molecule has 0 heterocycles. The summed E-state index contributed by atoms with van der Waals surface area (Å²) < 4.78 is 17.7. The summed E-state index contributed by atoms with van der Waals surface area (Å²) in [6.07, 6.45) is 0. The molecule has 0 saturated carbocycles. The second-order valence-corrected chi connectivity index (χ2v) is 1.84. The van der Waals surface area contributed by atoms with Gasteiger partial charge < -0.3 is 19.7 Å². The van der Waals surface area contributed by atoms with E-state index in [1.807, 2.05) is 13.8 Å². The quantitative estimate of drug-likeness (QED) is 0.504. The minimum absolute atomic E-state index is 0.133. The third-order valence-electron chi connectivity index (χ3n) is 0.879. The first-order chi connectivity index (χ1) is 6.83. The SMILES string of the molecule is CCOCCO.CCOCCO.[O]=[Ti]. The fourth-order valence-corrected chi connectivity index (χ4v) is 0.418. The third kappa shape index (κ3) is 39.4. The summed E-state index contributed by atoms with van der Waals surface area (Å²) in [6, 6.07) is 0.